The lowest BCUT2D eigenvalue weighted by Gasteiger charge is -2.31. The lowest BCUT2D eigenvalue weighted by atomic mass is 10.0. The number of fused-ring (bicyclic) bond motifs is 1. The Morgan fingerprint density at radius 3 is 1.29 bits per heavy atom. The first-order chi connectivity index (χ1) is 68.2. The Bertz CT molecular complexity index is 6570. The Labute approximate surface area is 839 Å². The number of ether oxygens (including phenoxy) is 16. The molecule has 13 heterocycles. The van der Waals surface area contributed by atoms with Gasteiger partial charge in [-0.25, -0.2) is 33.5 Å². The summed E-state index contributed by atoms with van der Waals surface area (Å²) in [6.07, 6.45) is -31.0. The van der Waals surface area contributed by atoms with Crippen LogP contribution >= 0.6 is 45.9 Å². The van der Waals surface area contributed by atoms with Crippen molar-refractivity contribution in [3.05, 3.63) is 168 Å². The molecule has 58 nitrogen and oxygen atoms in total. The highest BCUT2D eigenvalue weighted by Crippen LogP contribution is 2.60. The summed E-state index contributed by atoms with van der Waals surface area (Å²) in [6, 6.07) is 0. The Hall–Kier alpha value is -6.51. The van der Waals surface area contributed by atoms with Crippen LogP contribution in [0.2, 0.25) is 0 Å². The van der Waals surface area contributed by atoms with Crippen molar-refractivity contribution in [3.8, 4) is 0 Å². The molecule has 0 aromatic carbocycles. The Morgan fingerprint density at radius 1 is 0.431 bits per heavy atom. The van der Waals surface area contributed by atoms with E-state index in [1.165, 1.54) is 80.2 Å². The molecule has 0 amide bonds. The van der Waals surface area contributed by atoms with Crippen LogP contribution in [-0.2, 0) is 173 Å². The molecule has 7 aromatic rings. The fraction of sp³-hybridized carbons (Fsp3) is 0.671. The van der Waals surface area contributed by atoms with E-state index in [1.54, 1.807) is 13.8 Å². The van der Waals surface area contributed by atoms with Gasteiger partial charge in [-0.15, -0.1) is 0 Å². The lowest BCUT2D eigenvalue weighted by molar-refractivity contribution is -0.0835. The van der Waals surface area contributed by atoms with Gasteiger partial charge in [0.2, 0.25) is 5.95 Å². The van der Waals surface area contributed by atoms with E-state index < -0.39 is 270 Å². The first-order valence-electron chi connectivity index (χ1n) is 44.0. The third kappa shape index (κ3) is 27.9. The molecule has 0 aliphatic carbocycles. The number of imidazole rings is 1. The zero-order valence-corrected chi connectivity index (χ0v) is 87.2. The van der Waals surface area contributed by atoms with Crippen molar-refractivity contribution in [3.63, 3.8) is 0 Å². The van der Waals surface area contributed by atoms with Gasteiger partial charge in [0.25, 0.3) is 27.8 Å². The standard InChI is InChI=1S/C76H111N16O42P5S5/c1-12-38-39(23-45(124-38)89-25-34(3)63(94)87-75(89)102)130-135(104,140)120-28-41-50(57(115-19-14-110-8)54(125-41)46-36(5)65(96)85-72(99)80-46)131-138(107,143)123-31-44-53(60(118-22-17-113-11)70(129-44)92-32-79-48-62(92)83-71(78)84-67(48)98)134-139(108,144)121-29-42-51(58(116-20-15-111-9)55(126-42)47-37(6)66(97)86-73(100)81-47)132-137(106,142)122-30-43-52(59(117-21-16-112-10)69(128-43)91-26-35(4)64(95)88-76(91)103)133-136(105,141)119-27-40-49(93)56(114-18-13-109-7)68(127-40)90-24-33(2)61(77)82-74(90)101/h24-26,32,38-45,49-60,68-70,93H,12-23,27-31H2,1-11H3,(H,104,140)(H,105,141)(H,106,142)(H,107,143)(H,108,144)(H2,77,82,101)(H,87,94,102)(H,88,95,103)(H3,78,83,84,98)(H2,80,85,96,99)(H2,81,86,97,100)/t38-,39?,40-,41-,42-,43-,44-,45-,49?,50?,51?,52?,53?,54+,55+,56+,57+,58+,59+,60+,68-,69-,70-,135?,136?,137?,138?,139?/m1/s1. The van der Waals surface area contributed by atoms with Crippen LogP contribution in [0.5, 0.6) is 0 Å². The fourth-order valence-corrected chi connectivity index (χ4v) is 23.7. The highest BCUT2D eigenvalue weighted by atomic mass is 32.7. The van der Waals surface area contributed by atoms with E-state index in [2.05, 4.69) is 62.1 Å². The number of H-pyrrole nitrogens is 7. The van der Waals surface area contributed by atoms with E-state index in [4.69, 9.17) is 180 Å². The van der Waals surface area contributed by atoms with Gasteiger partial charge in [0.05, 0.1) is 129 Å². The molecular weight excluding hydrogens is 2120 g/mol. The number of aromatic amines is 7. The van der Waals surface area contributed by atoms with Crippen molar-refractivity contribution >= 4 is 116 Å². The van der Waals surface area contributed by atoms with E-state index in [9.17, 15) is 72.6 Å². The maximum atomic E-state index is 15.6. The smallest absolute Gasteiger partial charge is 0.386 e. The summed E-state index contributed by atoms with van der Waals surface area (Å²) in [5, 5.41) is 11.8. The van der Waals surface area contributed by atoms with Crippen molar-refractivity contribution in [2.75, 3.05) is 146 Å². The summed E-state index contributed by atoms with van der Waals surface area (Å²) in [5.41, 5.74) is 2.47. The molecule has 6 aliphatic heterocycles. The molecule has 28 atom stereocenters. The summed E-state index contributed by atoms with van der Waals surface area (Å²) in [4.78, 5) is 211. The molecule has 11 unspecified atom stereocenters. The van der Waals surface area contributed by atoms with Crippen LogP contribution in [0.25, 0.3) is 11.2 Å². The number of rotatable bonds is 52. The van der Waals surface area contributed by atoms with Gasteiger partial charge in [-0.05, 0) is 88.3 Å². The number of thiol groups is 1. The first kappa shape index (κ1) is 115. The lowest BCUT2D eigenvalue weighted by Crippen LogP contribution is -2.41. The number of aliphatic hydroxyl groups excluding tert-OH is 1. The molecular formula is C76H111N16O42P5S5. The monoisotopic (exact) mass is 2230 g/mol. The van der Waals surface area contributed by atoms with Crippen molar-refractivity contribution in [2.24, 2.45) is 0 Å². The summed E-state index contributed by atoms with van der Waals surface area (Å²) in [6.45, 7) is -22.5. The van der Waals surface area contributed by atoms with Crippen molar-refractivity contribution in [2.45, 2.75) is 195 Å². The van der Waals surface area contributed by atoms with Crippen LogP contribution in [0, 0.1) is 34.6 Å². The molecule has 0 saturated carbocycles. The topological polar surface area (TPSA) is 750 Å². The number of nitrogens with two attached hydrogens (primary N) is 2. The predicted molar refractivity (Wildman–Crippen MR) is 514 cm³/mol. The molecule has 7 aromatic heterocycles. The number of aliphatic hydroxyl groups is 1. The number of nitrogens with one attached hydrogen (secondary N) is 7. The minimum absolute atomic E-state index is 0.0246. The summed E-state index contributed by atoms with van der Waals surface area (Å²) in [7, 11) is 6.73. The van der Waals surface area contributed by atoms with Gasteiger partial charge in [0.15, 0.2) is 29.8 Å². The van der Waals surface area contributed by atoms with Crippen molar-refractivity contribution < 1.29 is 150 Å². The largest absolute Gasteiger partial charge is 0.387 e. The zero-order chi connectivity index (χ0) is 105. The van der Waals surface area contributed by atoms with Crippen LogP contribution in [0.3, 0.4) is 0 Å². The number of aryl methyl sites for hydroxylation is 3. The van der Waals surface area contributed by atoms with Gasteiger partial charge in [0.1, 0.15) is 116 Å². The molecule has 68 heteroatoms. The number of hydrogen-bond acceptors (Lipinski definition) is 47. The molecule has 6 saturated heterocycles. The predicted octanol–water partition coefficient (Wildman–Crippen LogP) is -1.96. The number of hydrogen-bond donors (Lipinski definition) is 15. The van der Waals surface area contributed by atoms with E-state index >= 15 is 4.57 Å². The third-order valence-corrected chi connectivity index (χ3v) is 31.3. The van der Waals surface area contributed by atoms with Gasteiger partial charge < -0.3 is 145 Å². The van der Waals surface area contributed by atoms with Gasteiger partial charge in [-0.1, -0.05) is 19.2 Å². The van der Waals surface area contributed by atoms with E-state index in [-0.39, 0.29) is 130 Å². The summed E-state index contributed by atoms with van der Waals surface area (Å²) < 4.78 is 178. The highest BCUT2D eigenvalue weighted by Gasteiger charge is 2.58. The second-order valence-corrected chi connectivity index (χ2v) is 47.2. The number of nitrogen functional groups attached to an aromatic ring is 2. The van der Waals surface area contributed by atoms with Crippen LogP contribution in [0.15, 0.2) is 72.9 Å². The third-order valence-electron chi connectivity index (χ3n) is 23.4. The molecule has 0 bridgehead atoms. The zero-order valence-electron chi connectivity index (χ0n) is 78.6. The van der Waals surface area contributed by atoms with Gasteiger partial charge in [-0.2, -0.15) is 9.97 Å². The molecule has 802 valence electrons. The molecule has 13 rings (SSSR count). The van der Waals surface area contributed by atoms with E-state index in [1.807, 2.05) is 0 Å². The summed E-state index contributed by atoms with van der Waals surface area (Å²) in [5.74, 6) is -0.498. The van der Waals surface area contributed by atoms with Gasteiger partial charge >= 0.3 is 62.1 Å². The molecule has 0 spiro atoms. The average Bonchev–Trinajstić information content (AvgIpc) is 1.60. The second kappa shape index (κ2) is 49.7. The minimum atomic E-state index is -5.14. The second-order valence-electron chi connectivity index (χ2n) is 33.2. The van der Waals surface area contributed by atoms with E-state index in [0.29, 0.717) is 5.56 Å². The summed E-state index contributed by atoms with van der Waals surface area (Å²) >= 11 is 27.4. The highest BCUT2D eigenvalue weighted by molar-refractivity contribution is 8.44. The maximum Gasteiger partial charge on any atom is 0.386 e. The molecule has 6 fully saturated rings. The molecule has 16 N–H and O–H groups in total. The number of aromatic nitrogens is 14. The Kier molecular flexibility index (Phi) is 39.6. The maximum absolute atomic E-state index is 15.6. The van der Waals surface area contributed by atoms with Crippen molar-refractivity contribution in [1.29, 1.82) is 0 Å². The quantitative estimate of drug-likeness (QED) is 0.0112. The molecule has 0 radical (unpaired) electrons. The Morgan fingerprint density at radius 2 is 0.819 bits per heavy atom. The van der Waals surface area contributed by atoms with Gasteiger partial charge in [-0.3, -0.25) is 89.8 Å². The average molecular weight is 2240 g/mol. The SMILES string of the molecule is CC[C@H]1O[C@@H](n2cc(C)c(=O)[nH]c2=O)CC1OP(O)(=S)OC[C@H]1O[C@@H](c2[nH]c(=O)[nH]c(=O)c2C)[C@@H](OCCOC)C1OP(=O)(S)OC[C@H]1O[C@@H](n2cnc3c(=O)[nH]c(N)nc32)[C@@H](OCCOC)C1OP(O)(=S)OC[C@H]1O[C@@H](c2[nH]c(=O)[nH]c(=O)c2C)[C@@H](OCCOC)C1OP(O)(=S)OC[C@H]1O[C@@H](n2cc(C)c(=O)[nH]c2=O)[C@@H](OCCOC)C1OP(O)(=S)OC[C@H]1O[C@@H](n2cc(C)c(N)nc2=O)[C@@H](OCCOC)C1O. The van der Waals surface area contributed by atoms with Crippen LogP contribution < -0.4 is 67.7 Å². The normalized spacial score (nSPS) is 29.2. The fourth-order valence-electron chi connectivity index (χ4n) is 16.4. The molecule has 6 aliphatic rings. The number of anilines is 2. The van der Waals surface area contributed by atoms with E-state index in [0.717, 1.165) is 26.2 Å². The van der Waals surface area contributed by atoms with Crippen molar-refractivity contribution in [1.82, 2.24) is 68.1 Å². The minimum Gasteiger partial charge on any atom is -0.387 e. The van der Waals surface area contributed by atoms with Crippen LogP contribution in [0.1, 0.15) is 96.1 Å². The first-order valence-corrected chi connectivity index (χ1v) is 57.1. The number of methoxy groups -OCH3 is 5. The Balaban J connectivity index is 0.805. The molecule has 144 heavy (non-hydrogen) atoms. The number of nitrogens with zero attached hydrogens (tertiary/aromatic N) is 7. The van der Waals surface area contributed by atoms with Crippen LogP contribution in [0.4, 0.5) is 11.8 Å². The van der Waals surface area contributed by atoms with Crippen LogP contribution in [-0.4, -0.2) is 331 Å². The van der Waals surface area contributed by atoms with Gasteiger partial charge in [0, 0.05) is 88.4 Å².